The summed E-state index contributed by atoms with van der Waals surface area (Å²) in [6.07, 6.45) is 1.63. The van der Waals surface area contributed by atoms with Crippen molar-refractivity contribution in [3.05, 3.63) is 33.2 Å². The Bertz CT molecular complexity index is 563. The van der Waals surface area contributed by atoms with E-state index in [-0.39, 0.29) is 0 Å². The summed E-state index contributed by atoms with van der Waals surface area (Å²) >= 11 is 1.67. The van der Waals surface area contributed by atoms with Crippen molar-refractivity contribution in [2.75, 3.05) is 11.9 Å². The summed E-state index contributed by atoms with van der Waals surface area (Å²) in [5.41, 5.74) is 3.33. The van der Waals surface area contributed by atoms with Crippen molar-refractivity contribution < 1.29 is 0 Å². The maximum Gasteiger partial charge on any atom is 0.137 e. The Kier molecular flexibility index (Phi) is 4.47. The Morgan fingerprint density at radius 3 is 2.53 bits per heavy atom. The van der Waals surface area contributed by atoms with E-state index in [1.54, 1.807) is 11.3 Å². The standard InChI is InChI=1S/C14H20N4S/c1-5-12-9(3)14(15-6-2)18-13(17-12)7-11-8-19-10(4)16-11/h8H,5-7H2,1-4H3,(H,15,17,18). The van der Waals surface area contributed by atoms with Crippen molar-refractivity contribution >= 4 is 17.2 Å². The Morgan fingerprint density at radius 1 is 1.16 bits per heavy atom. The summed E-state index contributed by atoms with van der Waals surface area (Å²) in [5, 5.41) is 6.48. The smallest absolute Gasteiger partial charge is 0.137 e. The number of hydrogen-bond donors (Lipinski definition) is 1. The van der Waals surface area contributed by atoms with Crippen molar-refractivity contribution in [3.63, 3.8) is 0 Å². The molecule has 0 atom stereocenters. The van der Waals surface area contributed by atoms with E-state index in [1.165, 1.54) is 0 Å². The fraction of sp³-hybridized carbons (Fsp3) is 0.500. The van der Waals surface area contributed by atoms with Gasteiger partial charge in [0.25, 0.3) is 0 Å². The molecule has 0 aliphatic heterocycles. The lowest BCUT2D eigenvalue weighted by atomic mass is 10.2. The molecule has 2 aromatic heterocycles. The van der Waals surface area contributed by atoms with E-state index in [9.17, 15) is 0 Å². The first-order valence-electron chi connectivity index (χ1n) is 6.65. The fourth-order valence-electron chi connectivity index (χ4n) is 2.03. The van der Waals surface area contributed by atoms with E-state index in [0.29, 0.717) is 6.42 Å². The topological polar surface area (TPSA) is 50.7 Å². The van der Waals surface area contributed by atoms with Crippen LogP contribution in [0, 0.1) is 13.8 Å². The van der Waals surface area contributed by atoms with Crippen LogP contribution in [0.2, 0.25) is 0 Å². The Balaban J connectivity index is 2.31. The van der Waals surface area contributed by atoms with Gasteiger partial charge in [0.1, 0.15) is 11.6 Å². The summed E-state index contributed by atoms with van der Waals surface area (Å²) in [4.78, 5) is 13.7. The van der Waals surface area contributed by atoms with Crippen molar-refractivity contribution in [1.29, 1.82) is 0 Å². The molecule has 0 saturated carbocycles. The Labute approximate surface area is 118 Å². The van der Waals surface area contributed by atoms with Gasteiger partial charge in [-0.2, -0.15) is 0 Å². The molecule has 0 aromatic carbocycles. The van der Waals surface area contributed by atoms with E-state index >= 15 is 0 Å². The lowest BCUT2D eigenvalue weighted by molar-refractivity contribution is 0.875. The molecular weight excluding hydrogens is 256 g/mol. The average Bonchev–Trinajstić information content (AvgIpc) is 2.79. The zero-order valence-corrected chi connectivity index (χ0v) is 12.8. The van der Waals surface area contributed by atoms with Crippen molar-refractivity contribution in [2.24, 2.45) is 0 Å². The lowest BCUT2D eigenvalue weighted by Gasteiger charge is -2.11. The number of rotatable bonds is 5. The van der Waals surface area contributed by atoms with Crippen LogP contribution >= 0.6 is 11.3 Å². The molecule has 0 bridgehead atoms. The third-order valence-electron chi connectivity index (χ3n) is 2.98. The van der Waals surface area contributed by atoms with Crippen LogP contribution < -0.4 is 5.32 Å². The highest BCUT2D eigenvalue weighted by atomic mass is 32.1. The largest absolute Gasteiger partial charge is 0.370 e. The number of nitrogens with one attached hydrogen (secondary N) is 1. The van der Waals surface area contributed by atoms with Gasteiger partial charge in [-0.25, -0.2) is 15.0 Å². The summed E-state index contributed by atoms with van der Waals surface area (Å²) in [6.45, 7) is 9.17. The molecule has 2 rings (SSSR count). The maximum absolute atomic E-state index is 4.65. The molecule has 0 aliphatic rings. The molecule has 2 heterocycles. The monoisotopic (exact) mass is 276 g/mol. The Morgan fingerprint density at radius 2 is 1.95 bits per heavy atom. The molecular formula is C14H20N4S. The summed E-state index contributed by atoms with van der Waals surface area (Å²) in [7, 11) is 0. The summed E-state index contributed by atoms with van der Waals surface area (Å²) in [5.74, 6) is 1.81. The molecule has 0 fully saturated rings. The highest BCUT2D eigenvalue weighted by molar-refractivity contribution is 7.09. The third-order valence-corrected chi connectivity index (χ3v) is 3.80. The molecule has 4 nitrogen and oxygen atoms in total. The molecule has 2 aromatic rings. The molecule has 102 valence electrons. The number of aryl methyl sites for hydroxylation is 2. The predicted molar refractivity (Wildman–Crippen MR) is 80.0 cm³/mol. The van der Waals surface area contributed by atoms with E-state index < -0.39 is 0 Å². The number of aromatic nitrogens is 3. The minimum absolute atomic E-state index is 0.704. The number of anilines is 1. The zero-order valence-electron chi connectivity index (χ0n) is 11.9. The third kappa shape index (κ3) is 3.29. The van der Waals surface area contributed by atoms with Crippen molar-refractivity contribution in [2.45, 2.75) is 40.5 Å². The predicted octanol–water partition coefficient (Wildman–Crippen LogP) is 3.13. The van der Waals surface area contributed by atoms with Gasteiger partial charge in [-0.05, 0) is 27.2 Å². The van der Waals surface area contributed by atoms with Gasteiger partial charge in [0, 0.05) is 23.2 Å². The van der Waals surface area contributed by atoms with Crippen molar-refractivity contribution in [1.82, 2.24) is 15.0 Å². The summed E-state index contributed by atoms with van der Waals surface area (Å²) < 4.78 is 0. The second-order valence-corrected chi connectivity index (χ2v) is 5.54. The molecule has 0 amide bonds. The molecule has 1 N–H and O–H groups in total. The van der Waals surface area contributed by atoms with Crippen LogP contribution in [0.4, 0.5) is 5.82 Å². The van der Waals surface area contributed by atoms with Crippen LogP contribution in [0.25, 0.3) is 0 Å². The number of thiazole rings is 1. The van der Waals surface area contributed by atoms with Crippen molar-refractivity contribution in [3.8, 4) is 0 Å². The van der Waals surface area contributed by atoms with Crippen LogP contribution in [0.15, 0.2) is 5.38 Å². The van der Waals surface area contributed by atoms with E-state index in [0.717, 1.165) is 46.6 Å². The van der Waals surface area contributed by atoms with E-state index in [2.05, 4.69) is 46.4 Å². The van der Waals surface area contributed by atoms with E-state index in [1.807, 2.05) is 6.92 Å². The second-order valence-electron chi connectivity index (χ2n) is 4.48. The van der Waals surface area contributed by atoms with Gasteiger partial charge in [-0.1, -0.05) is 6.92 Å². The SMILES string of the molecule is CCNc1nc(Cc2csc(C)n2)nc(CC)c1C. The lowest BCUT2D eigenvalue weighted by Crippen LogP contribution is -2.09. The average molecular weight is 276 g/mol. The summed E-state index contributed by atoms with van der Waals surface area (Å²) in [6, 6.07) is 0. The molecule has 0 unspecified atom stereocenters. The van der Waals surface area contributed by atoms with Gasteiger partial charge in [-0.3, -0.25) is 0 Å². The highest BCUT2D eigenvalue weighted by Gasteiger charge is 2.10. The van der Waals surface area contributed by atoms with Gasteiger partial charge in [0.2, 0.25) is 0 Å². The van der Waals surface area contributed by atoms with E-state index in [4.69, 9.17) is 0 Å². The number of hydrogen-bond acceptors (Lipinski definition) is 5. The van der Waals surface area contributed by atoms with Gasteiger partial charge in [0.15, 0.2) is 0 Å². The van der Waals surface area contributed by atoms with Crippen LogP contribution in [-0.4, -0.2) is 21.5 Å². The normalized spacial score (nSPS) is 10.7. The van der Waals surface area contributed by atoms with Crippen LogP contribution in [0.1, 0.15) is 41.6 Å². The molecule has 0 aliphatic carbocycles. The molecule has 0 spiro atoms. The Hall–Kier alpha value is -1.49. The fourth-order valence-corrected chi connectivity index (χ4v) is 2.64. The van der Waals surface area contributed by atoms with Crippen LogP contribution in [0.5, 0.6) is 0 Å². The first-order valence-corrected chi connectivity index (χ1v) is 7.53. The molecule has 0 saturated heterocycles. The highest BCUT2D eigenvalue weighted by Crippen LogP contribution is 2.18. The number of nitrogens with zero attached hydrogens (tertiary/aromatic N) is 3. The minimum Gasteiger partial charge on any atom is -0.370 e. The first-order chi connectivity index (χ1) is 9.13. The molecule has 19 heavy (non-hydrogen) atoms. The second kappa shape index (κ2) is 6.10. The first kappa shape index (κ1) is 13.9. The maximum atomic E-state index is 4.65. The van der Waals surface area contributed by atoms with Gasteiger partial charge in [-0.15, -0.1) is 11.3 Å². The van der Waals surface area contributed by atoms with Gasteiger partial charge < -0.3 is 5.32 Å². The van der Waals surface area contributed by atoms with Gasteiger partial charge in [0.05, 0.1) is 17.1 Å². The van der Waals surface area contributed by atoms with Crippen LogP contribution in [0.3, 0.4) is 0 Å². The quantitative estimate of drug-likeness (QED) is 0.911. The molecule has 5 heteroatoms. The zero-order chi connectivity index (χ0) is 13.8. The minimum atomic E-state index is 0.704. The van der Waals surface area contributed by atoms with Crippen LogP contribution in [-0.2, 0) is 12.8 Å². The molecule has 0 radical (unpaired) electrons. The van der Waals surface area contributed by atoms with Gasteiger partial charge >= 0.3 is 0 Å².